The maximum absolute atomic E-state index is 13.1. The maximum Gasteiger partial charge on any atom is 0.416 e. The number of nitrogens with zero attached hydrogens (tertiary/aromatic N) is 4. The van der Waals surface area contributed by atoms with E-state index in [9.17, 15) is 13.2 Å². The Hall–Kier alpha value is -1.65. The largest absolute Gasteiger partial charge is 0.416 e. The van der Waals surface area contributed by atoms with Gasteiger partial charge in [0.05, 0.1) is 17.8 Å². The lowest BCUT2D eigenvalue weighted by Crippen LogP contribution is -2.44. The molecular formula is C16H18F3N5S2. The maximum atomic E-state index is 13.1. The summed E-state index contributed by atoms with van der Waals surface area (Å²) in [6.45, 7) is 3.61. The summed E-state index contributed by atoms with van der Waals surface area (Å²) in [7, 11) is 0. The first-order chi connectivity index (χ1) is 12.4. The number of benzene rings is 1. The Labute approximate surface area is 158 Å². The van der Waals surface area contributed by atoms with E-state index in [4.69, 9.17) is 12.2 Å². The van der Waals surface area contributed by atoms with Gasteiger partial charge in [0, 0.05) is 38.1 Å². The van der Waals surface area contributed by atoms with Gasteiger partial charge >= 0.3 is 6.18 Å². The predicted octanol–water partition coefficient (Wildman–Crippen LogP) is 2.77. The highest BCUT2D eigenvalue weighted by molar-refractivity contribution is 8.22. The van der Waals surface area contributed by atoms with Crippen LogP contribution in [0.2, 0.25) is 0 Å². The van der Waals surface area contributed by atoms with Crippen molar-refractivity contribution in [3.63, 3.8) is 0 Å². The first kappa shape index (κ1) is 19.1. The highest BCUT2D eigenvalue weighted by atomic mass is 32.2. The topological polar surface area (TPSA) is 46.0 Å². The highest BCUT2D eigenvalue weighted by Gasteiger charge is 2.32. The molecule has 2 aromatic rings. The van der Waals surface area contributed by atoms with Gasteiger partial charge in [-0.3, -0.25) is 0 Å². The molecule has 0 spiro atoms. The Balaban J connectivity index is 1.59. The number of nitrogens with one attached hydrogen (secondary N) is 1. The van der Waals surface area contributed by atoms with Crippen molar-refractivity contribution in [3.8, 4) is 0 Å². The SMILES string of the molecule is FC(F)(F)c1ccccc1Cn1cc(CSC(=S)N2CCNCC2)nn1. The molecule has 140 valence electrons. The van der Waals surface area contributed by atoms with Crippen molar-refractivity contribution in [1.82, 2.24) is 25.2 Å². The minimum Gasteiger partial charge on any atom is -0.355 e. The fourth-order valence-electron chi connectivity index (χ4n) is 2.67. The molecule has 0 bridgehead atoms. The molecule has 3 rings (SSSR count). The van der Waals surface area contributed by atoms with E-state index < -0.39 is 11.7 Å². The number of halogens is 3. The van der Waals surface area contributed by atoms with Crippen molar-refractivity contribution >= 4 is 28.3 Å². The average Bonchev–Trinajstić information content (AvgIpc) is 3.07. The summed E-state index contributed by atoms with van der Waals surface area (Å²) in [4.78, 5) is 2.14. The monoisotopic (exact) mass is 401 g/mol. The zero-order valence-electron chi connectivity index (χ0n) is 13.9. The second kappa shape index (κ2) is 8.36. The van der Waals surface area contributed by atoms with Gasteiger partial charge in [0.2, 0.25) is 0 Å². The quantitative estimate of drug-likeness (QED) is 0.795. The molecule has 0 amide bonds. The van der Waals surface area contributed by atoms with Crippen LogP contribution in [0.25, 0.3) is 0 Å². The van der Waals surface area contributed by atoms with E-state index >= 15 is 0 Å². The molecule has 1 aliphatic heterocycles. The molecule has 0 atom stereocenters. The van der Waals surface area contributed by atoms with Gasteiger partial charge < -0.3 is 10.2 Å². The van der Waals surface area contributed by atoms with E-state index in [0.29, 0.717) is 11.4 Å². The number of alkyl halides is 3. The van der Waals surface area contributed by atoms with Crippen molar-refractivity contribution in [2.75, 3.05) is 26.2 Å². The summed E-state index contributed by atoms with van der Waals surface area (Å²) in [6.07, 6.45) is -2.72. The molecule has 0 radical (unpaired) electrons. The van der Waals surface area contributed by atoms with E-state index in [1.54, 1.807) is 12.3 Å². The third kappa shape index (κ3) is 4.95. The second-order valence-corrected chi connectivity index (χ2v) is 7.46. The summed E-state index contributed by atoms with van der Waals surface area (Å²) < 4.78 is 41.4. The van der Waals surface area contributed by atoms with Crippen molar-refractivity contribution in [2.24, 2.45) is 0 Å². The van der Waals surface area contributed by atoms with Crippen LogP contribution < -0.4 is 5.32 Å². The van der Waals surface area contributed by atoms with Crippen LogP contribution in [0.15, 0.2) is 30.5 Å². The van der Waals surface area contributed by atoms with Crippen LogP contribution in [0.3, 0.4) is 0 Å². The minimum absolute atomic E-state index is 0.0234. The van der Waals surface area contributed by atoms with E-state index in [-0.39, 0.29) is 12.1 Å². The third-order valence-corrected chi connectivity index (χ3v) is 5.52. The second-order valence-electron chi connectivity index (χ2n) is 5.85. The first-order valence-corrected chi connectivity index (χ1v) is 9.49. The number of rotatable bonds is 4. The van der Waals surface area contributed by atoms with Gasteiger partial charge in [-0.2, -0.15) is 13.2 Å². The number of thioether (sulfide) groups is 1. The number of hydrogen-bond acceptors (Lipinski definition) is 5. The zero-order valence-corrected chi connectivity index (χ0v) is 15.5. The summed E-state index contributed by atoms with van der Waals surface area (Å²) in [5.74, 6) is 0.545. The van der Waals surface area contributed by atoms with Crippen LogP contribution in [0.5, 0.6) is 0 Å². The number of aromatic nitrogens is 3. The van der Waals surface area contributed by atoms with Gasteiger partial charge in [0.25, 0.3) is 0 Å². The van der Waals surface area contributed by atoms with E-state index in [1.807, 2.05) is 0 Å². The lowest BCUT2D eigenvalue weighted by atomic mass is 10.1. The molecule has 1 aromatic heterocycles. The highest BCUT2D eigenvalue weighted by Crippen LogP contribution is 2.32. The molecule has 1 aliphatic rings. The predicted molar refractivity (Wildman–Crippen MR) is 98.9 cm³/mol. The molecule has 1 saturated heterocycles. The smallest absolute Gasteiger partial charge is 0.355 e. The standard InChI is InChI=1S/C16H18F3N5S2/c17-16(18,19)14-4-2-1-3-12(14)9-24-10-13(21-22-24)11-26-15(25)23-7-5-20-6-8-23/h1-4,10,20H,5-9,11H2. The summed E-state index contributed by atoms with van der Waals surface area (Å²) in [5, 5.41) is 11.3. The van der Waals surface area contributed by atoms with E-state index in [2.05, 4.69) is 20.5 Å². The Morgan fingerprint density at radius 1 is 1.23 bits per heavy atom. The molecule has 10 heteroatoms. The summed E-state index contributed by atoms with van der Waals surface area (Å²) in [6, 6.07) is 5.50. The van der Waals surface area contributed by atoms with E-state index in [0.717, 1.165) is 36.6 Å². The lowest BCUT2D eigenvalue weighted by Gasteiger charge is -2.28. The Morgan fingerprint density at radius 3 is 2.69 bits per heavy atom. The Morgan fingerprint density at radius 2 is 1.96 bits per heavy atom. The van der Waals surface area contributed by atoms with Crippen LogP contribution in [0.1, 0.15) is 16.8 Å². The molecule has 1 fully saturated rings. The van der Waals surface area contributed by atoms with Crippen LogP contribution in [-0.4, -0.2) is 50.4 Å². The zero-order chi connectivity index (χ0) is 18.6. The molecule has 0 unspecified atom stereocenters. The lowest BCUT2D eigenvalue weighted by molar-refractivity contribution is -0.138. The van der Waals surface area contributed by atoms with E-state index in [1.165, 1.54) is 28.6 Å². The third-order valence-electron chi connectivity index (χ3n) is 3.96. The van der Waals surface area contributed by atoms with Crippen LogP contribution in [0, 0.1) is 0 Å². The number of thiocarbonyl (C=S) groups is 1. The fraction of sp³-hybridized carbons (Fsp3) is 0.438. The van der Waals surface area contributed by atoms with Crippen LogP contribution >= 0.6 is 24.0 Å². The molecule has 26 heavy (non-hydrogen) atoms. The van der Waals surface area contributed by atoms with Gasteiger partial charge in [-0.15, -0.1) is 5.10 Å². The molecule has 0 saturated carbocycles. The van der Waals surface area contributed by atoms with Crippen molar-refractivity contribution in [2.45, 2.75) is 18.5 Å². The van der Waals surface area contributed by atoms with Crippen molar-refractivity contribution in [3.05, 3.63) is 47.3 Å². The first-order valence-electron chi connectivity index (χ1n) is 8.10. The average molecular weight is 401 g/mol. The van der Waals surface area contributed by atoms with Crippen LogP contribution in [-0.2, 0) is 18.5 Å². The van der Waals surface area contributed by atoms with Gasteiger partial charge in [0.15, 0.2) is 0 Å². The molecule has 2 heterocycles. The minimum atomic E-state index is -4.38. The molecule has 5 nitrogen and oxygen atoms in total. The molecule has 0 aliphatic carbocycles. The molecular weight excluding hydrogens is 383 g/mol. The van der Waals surface area contributed by atoms with Gasteiger partial charge in [0.1, 0.15) is 4.32 Å². The van der Waals surface area contributed by atoms with Gasteiger partial charge in [-0.1, -0.05) is 47.4 Å². The summed E-state index contributed by atoms with van der Waals surface area (Å²) >= 11 is 6.92. The normalized spacial score (nSPS) is 15.3. The Kier molecular flexibility index (Phi) is 6.15. The summed E-state index contributed by atoms with van der Waals surface area (Å²) in [5.41, 5.74) is 0.212. The fourth-order valence-corrected chi connectivity index (χ4v) is 3.79. The Bertz CT molecular complexity index is 756. The van der Waals surface area contributed by atoms with Crippen molar-refractivity contribution in [1.29, 1.82) is 0 Å². The van der Waals surface area contributed by atoms with Gasteiger partial charge in [-0.25, -0.2) is 4.68 Å². The van der Waals surface area contributed by atoms with Gasteiger partial charge in [-0.05, 0) is 11.6 Å². The van der Waals surface area contributed by atoms with Crippen molar-refractivity contribution < 1.29 is 13.2 Å². The number of hydrogen-bond donors (Lipinski definition) is 1. The molecule has 1 aromatic carbocycles. The number of piperazine rings is 1. The molecule has 1 N–H and O–H groups in total. The van der Waals surface area contributed by atoms with Crippen LogP contribution in [0.4, 0.5) is 13.2 Å².